The Labute approximate surface area is 181 Å². The van der Waals surface area contributed by atoms with Crippen molar-refractivity contribution in [1.29, 1.82) is 0 Å². The van der Waals surface area contributed by atoms with Gasteiger partial charge in [-0.1, -0.05) is 24.1 Å². The Morgan fingerprint density at radius 2 is 1.70 bits per heavy atom. The Balaban J connectivity index is 1.41. The number of hydrogen-bond acceptors (Lipinski definition) is 7. The van der Waals surface area contributed by atoms with Crippen molar-refractivity contribution in [1.82, 2.24) is 9.97 Å². The van der Waals surface area contributed by atoms with Gasteiger partial charge in [-0.15, -0.1) is 0 Å². The second-order valence-electron chi connectivity index (χ2n) is 7.43. The number of aromatic nitrogens is 2. The minimum Gasteiger partial charge on any atom is -0.396 e. The average Bonchev–Trinajstić information content (AvgIpc) is 2.81. The Morgan fingerprint density at radius 1 is 1.00 bits per heavy atom. The van der Waals surface area contributed by atoms with Crippen LogP contribution in [0.3, 0.4) is 0 Å². The lowest BCUT2D eigenvalue weighted by Crippen LogP contribution is -2.34. The minimum atomic E-state index is 0.300. The quantitative estimate of drug-likeness (QED) is 0.474. The fourth-order valence-electron chi connectivity index (χ4n) is 3.66. The third-order valence-corrected chi connectivity index (χ3v) is 5.86. The summed E-state index contributed by atoms with van der Waals surface area (Å²) in [6, 6.07) is 18.5. The first kappa shape index (κ1) is 20.5. The number of rotatable bonds is 7. The molecule has 0 unspecified atom stereocenters. The van der Waals surface area contributed by atoms with Crippen LogP contribution in [-0.2, 0) is 0 Å². The predicted molar refractivity (Wildman–Crippen MR) is 126 cm³/mol. The number of nitrogens with one attached hydrogen (secondary N) is 2. The van der Waals surface area contributed by atoms with Gasteiger partial charge in [0.05, 0.1) is 5.69 Å². The lowest BCUT2D eigenvalue weighted by atomic mass is 9.97. The van der Waals surface area contributed by atoms with Crippen molar-refractivity contribution in [3.05, 3.63) is 60.8 Å². The molecule has 6 nitrogen and oxygen atoms in total. The molecule has 1 aliphatic rings. The van der Waals surface area contributed by atoms with Crippen LogP contribution in [0.2, 0.25) is 0 Å². The van der Waals surface area contributed by atoms with E-state index in [1.54, 1.807) is 18.1 Å². The number of benzene rings is 2. The third-order valence-electron chi connectivity index (χ3n) is 5.42. The molecule has 1 aliphatic heterocycles. The molecule has 3 N–H and O–H groups in total. The van der Waals surface area contributed by atoms with E-state index in [9.17, 15) is 5.11 Å². The monoisotopic (exact) mass is 421 g/mol. The van der Waals surface area contributed by atoms with Crippen LogP contribution in [0.1, 0.15) is 12.8 Å². The van der Waals surface area contributed by atoms with E-state index in [2.05, 4.69) is 61.3 Å². The number of anilines is 4. The van der Waals surface area contributed by atoms with E-state index in [4.69, 9.17) is 0 Å². The fraction of sp³-hybridized carbons (Fsp3) is 0.304. The number of nitrogens with zero attached hydrogens (tertiary/aromatic N) is 3. The van der Waals surface area contributed by atoms with Gasteiger partial charge in [-0.05, 0) is 61.2 Å². The van der Waals surface area contributed by atoms with Crippen LogP contribution in [0.5, 0.6) is 0 Å². The molecule has 0 spiro atoms. The highest BCUT2D eigenvalue weighted by molar-refractivity contribution is 7.99. The Morgan fingerprint density at radius 3 is 2.37 bits per heavy atom. The maximum Gasteiger partial charge on any atom is 0.227 e. The molecule has 1 saturated heterocycles. The van der Waals surface area contributed by atoms with Crippen molar-refractivity contribution in [3.63, 3.8) is 0 Å². The lowest BCUT2D eigenvalue weighted by molar-refractivity contribution is 0.203. The zero-order chi connectivity index (χ0) is 20.8. The molecule has 0 radical (unpaired) electrons. The van der Waals surface area contributed by atoms with E-state index in [1.807, 2.05) is 24.5 Å². The van der Waals surface area contributed by atoms with Crippen LogP contribution in [0, 0.1) is 5.92 Å². The standard InChI is InChI=1S/C23H27N5OS/c1-30-27-20-4-2-18(3-5-20)22-10-13-24-23(26-22)25-19-6-8-21(9-7-19)28-14-11-17(16-29)12-15-28/h2-10,13,17,27,29H,11-12,14-16H2,1H3,(H,24,25,26). The van der Waals surface area contributed by atoms with Gasteiger partial charge in [0.15, 0.2) is 0 Å². The average molecular weight is 422 g/mol. The second kappa shape index (κ2) is 9.82. The molecule has 0 saturated carbocycles. The van der Waals surface area contributed by atoms with Gasteiger partial charge in [0.25, 0.3) is 0 Å². The minimum absolute atomic E-state index is 0.300. The maximum absolute atomic E-state index is 9.31. The Hall–Kier alpha value is -2.77. The van der Waals surface area contributed by atoms with Crippen LogP contribution in [-0.4, -0.2) is 41.0 Å². The van der Waals surface area contributed by atoms with Crippen LogP contribution in [0.4, 0.5) is 23.0 Å². The first-order valence-corrected chi connectivity index (χ1v) is 11.4. The molecule has 2 aromatic carbocycles. The summed E-state index contributed by atoms with van der Waals surface area (Å²) < 4.78 is 3.22. The molecule has 0 atom stereocenters. The van der Waals surface area contributed by atoms with Crippen molar-refractivity contribution in [3.8, 4) is 11.3 Å². The van der Waals surface area contributed by atoms with Gasteiger partial charge in [0, 0.05) is 54.8 Å². The van der Waals surface area contributed by atoms with Gasteiger partial charge < -0.3 is 20.0 Å². The molecule has 0 bridgehead atoms. The normalized spacial score (nSPS) is 14.5. The predicted octanol–water partition coefficient (Wildman–Crippen LogP) is 4.79. The van der Waals surface area contributed by atoms with Crippen molar-refractivity contribution < 1.29 is 5.11 Å². The smallest absolute Gasteiger partial charge is 0.227 e. The summed E-state index contributed by atoms with van der Waals surface area (Å²) >= 11 is 1.57. The Kier molecular flexibility index (Phi) is 6.71. The van der Waals surface area contributed by atoms with Crippen LogP contribution in [0.25, 0.3) is 11.3 Å². The summed E-state index contributed by atoms with van der Waals surface area (Å²) in [4.78, 5) is 11.4. The van der Waals surface area contributed by atoms with Gasteiger partial charge in [-0.2, -0.15) is 0 Å². The van der Waals surface area contributed by atoms with Crippen LogP contribution < -0.4 is 14.9 Å². The van der Waals surface area contributed by atoms with Gasteiger partial charge in [0.1, 0.15) is 0 Å². The van der Waals surface area contributed by atoms with Gasteiger partial charge in [-0.3, -0.25) is 0 Å². The van der Waals surface area contributed by atoms with E-state index >= 15 is 0 Å². The highest BCUT2D eigenvalue weighted by Gasteiger charge is 2.18. The Bertz CT molecular complexity index is 941. The van der Waals surface area contributed by atoms with E-state index in [-0.39, 0.29) is 0 Å². The lowest BCUT2D eigenvalue weighted by Gasteiger charge is -2.32. The van der Waals surface area contributed by atoms with Crippen LogP contribution >= 0.6 is 11.9 Å². The van der Waals surface area contributed by atoms with Gasteiger partial charge in [-0.25, -0.2) is 9.97 Å². The molecule has 2 heterocycles. The number of piperidine rings is 1. The van der Waals surface area contributed by atoms with E-state index in [0.29, 0.717) is 18.5 Å². The summed E-state index contributed by atoms with van der Waals surface area (Å²) in [6.07, 6.45) is 5.87. The third kappa shape index (κ3) is 5.04. The second-order valence-corrected chi connectivity index (χ2v) is 8.05. The summed E-state index contributed by atoms with van der Waals surface area (Å²) in [6.45, 7) is 2.29. The molecule has 7 heteroatoms. The first-order chi connectivity index (χ1) is 14.7. The molecule has 0 amide bonds. The van der Waals surface area contributed by atoms with Gasteiger partial charge >= 0.3 is 0 Å². The summed E-state index contributed by atoms with van der Waals surface area (Å²) in [7, 11) is 0. The molecule has 4 rings (SSSR count). The topological polar surface area (TPSA) is 73.3 Å². The zero-order valence-corrected chi connectivity index (χ0v) is 17.9. The summed E-state index contributed by atoms with van der Waals surface area (Å²) in [5, 5.41) is 12.6. The van der Waals surface area contributed by atoms with Crippen molar-refractivity contribution in [2.24, 2.45) is 5.92 Å². The number of aliphatic hydroxyl groups is 1. The molecule has 0 aliphatic carbocycles. The molecule has 1 aromatic heterocycles. The zero-order valence-electron chi connectivity index (χ0n) is 17.1. The van der Waals surface area contributed by atoms with Crippen molar-refractivity contribution >= 4 is 35.0 Å². The molecular formula is C23H27N5OS. The fourth-order valence-corrected chi connectivity index (χ4v) is 4.04. The van der Waals surface area contributed by atoms with Gasteiger partial charge in [0.2, 0.25) is 5.95 Å². The molecule has 1 fully saturated rings. The summed E-state index contributed by atoms with van der Waals surface area (Å²) in [5.41, 5.74) is 5.17. The summed E-state index contributed by atoms with van der Waals surface area (Å²) in [5.74, 6) is 1.03. The van der Waals surface area contributed by atoms with Crippen LogP contribution in [0.15, 0.2) is 60.8 Å². The molecule has 156 valence electrons. The largest absolute Gasteiger partial charge is 0.396 e. The molecule has 3 aromatic rings. The van der Waals surface area contributed by atoms with E-state index in [0.717, 1.165) is 48.6 Å². The SMILES string of the molecule is CSNc1ccc(-c2ccnc(Nc3ccc(N4CCC(CO)CC4)cc3)n2)cc1. The number of hydrogen-bond donors (Lipinski definition) is 3. The highest BCUT2D eigenvalue weighted by atomic mass is 32.2. The molecular weight excluding hydrogens is 394 g/mol. The van der Waals surface area contributed by atoms with Crippen molar-refractivity contribution in [2.75, 3.05) is 40.9 Å². The first-order valence-electron chi connectivity index (χ1n) is 10.2. The van der Waals surface area contributed by atoms with E-state index in [1.165, 1.54) is 5.69 Å². The van der Waals surface area contributed by atoms with E-state index < -0.39 is 0 Å². The van der Waals surface area contributed by atoms with Crippen molar-refractivity contribution in [2.45, 2.75) is 12.8 Å². The maximum atomic E-state index is 9.31. The molecule has 30 heavy (non-hydrogen) atoms. The number of aliphatic hydroxyl groups excluding tert-OH is 1. The highest BCUT2D eigenvalue weighted by Crippen LogP contribution is 2.26.